The van der Waals surface area contributed by atoms with Gasteiger partial charge in [-0.1, -0.05) is 22.9 Å². The first kappa shape index (κ1) is 20.6. The summed E-state index contributed by atoms with van der Waals surface area (Å²) in [6.45, 7) is -0.0587. The Balaban J connectivity index is 1.82. The van der Waals surface area contributed by atoms with Gasteiger partial charge in [0.1, 0.15) is 11.5 Å². The van der Waals surface area contributed by atoms with Gasteiger partial charge in [-0.3, -0.25) is 15.2 Å². The van der Waals surface area contributed by atoms with Crippen LogP contribution < -0.4 is 4.74 Å². The molecule has 2 aromatic carbocycles. The molecule has 2 N–H and O–H groups in total. The number of rotatable bonds is 5. The van der Waals surface area contributed by atoms with E-state index in [1.165, 1.54) is 24.3 Å². The molecule has 1 fully saturated rings. The Morgan fingerprint density at radius 3 is 2.50 bits per heavy atom. The summed E-state index contributed by atoms with van der Waals surface area (Å²) in [7, 11) is -3.91. The first-order valence-electron chi connectivity index (χ1n) is 8.36. The predicted molar refractivity (Wildman–Crippen MR) is 98.3 cm³/mol. The molecule has 0 bridgehead atoms. The maximum absolute atomic E-state index is 13.0. The molecule has 0 aliphatic carbocycles. The Morgan fingerprint density at radius 1 is 1.14 bits per heavy atom. The van der Waals surface area contributed by atoms with Crippen molar-refractivity contribution in [2.45, 2.75) is 16.6 Å². The van der Waals surface area contributed by atoms with Crippen molar-refractivity contribution < 1.29 is 33.1 Å². The molecule has 2 aromatic rings. The summed E-state index contributed by atoms with van der Waals surface area (Å²) < 4.78 is 36.8. The van der Waals surface area contributed by atoms with Gasteiger partial charge in [-0.25, -0.2) is 8.42 Å². The van der Waals surface area contributed by atoms with Gasteiger partial charge in [-0.15, -0.1) is 0 Å². The van der Waals surface area contributed by atoms with E-state index in [9.17, 15) is 13.2 Å². The number of halogens is 1. The van der Waals surface area contributed by atoms with E-state index in [0.29, 0.717) is 16.5 Å². The normalized spacial score (nSPS) is 19.8. The first-order valence-corrected chi connectivity index (χ1v) is 10.3. The van der Waals surface area contributed by atoms with Crippen molar-refractivity contribution in [3.63, 3.8) is 0 Å². The average molecular weight is 428 g/mol. The summed E-state index contributed by atoms with van der Waals surface area (Å²) in [5.74, 6) is -1.42. The summed E-state index contributed by atoms with van der Waals surface area (Å²) in [4.78, 5) is 11.9. The summed E-state index contributed by atoms with van der Waals surface area (Å²) in [5, 5.41) is 16.8. The van der Waals surface area contributed by atoms with E-state index in [1.807, 2.05) is 0 Å². The van der Waals surface area contributed by atoms with Crippen LogP contribution in [-0.2, 0) is 19.4 Å². The van der Waals surface area contributed by atoms with Crippen LogP contribution >= 0.6 is 11.6 Å². The molecule has 2 atom stereocenters. The Morgan fingerprint density at radius 2 is 1.86 bits per heavy atom. The molecule has 150 valence electrons. The molecule has 0 aromatic heterocycles. The van der Waals surface area contributed by atoms with E-state index in [4.69, 9.17) is 31.5 Å². The van der Waals surface area contributed by atoms with Gasteiger partial charge in [-0.05, 0) is 48.9 Å². The summed E-state index contributed by atoms with van der Waals surface area (Å²) in [6.07, 6.45) is 0.0628. The van der Waals surface area contributed by atoms with Crippen molar-refractivity contribution in [2.75, 3.05) is 13.2 Å². The lowest BCUT2D eigenvalue weighted by molar-refractivity contribution is -0.289. The Kier molecular flexibility index (Phi) is 6.21. The molecule has 10 heteroatoms. The summed E-state index contributed by atoms with van der Waals surface area (Å²) in [5.41, 5.74) is 0. The topological polar surface area (TPSA) is 113 Å². The van der Waals surface area contributed by atoms with Gasteiger partial charge < -0.3 is 9.47 Å². The highest BCUT2D eigenvalue weighted by atomic mass is 35.5. The quantitative estimate of drug-likeness (QED) is 0.557. The number of sulfone groups is 1. The summed E-state index contributed by atoms with van der Waals surface area (Å²) in [6, 6.07) is 12.5. The molecular formula is C18H18ClNO7S. The molecular weight excluding hydrogens is 410 g/mol. The van der Waals surface area contributed by atoms with E-state index >= 15 is 0 Å². The van der Waals surface area contributed by atoms with Gasteiger partial charge in [-0.2, -0.15) is 0 Å². The number of ether oxygens (including phenoxy) is 2. The molecule has 0 spiro atoms. The third-order valence-electron chi connectivity index (χ3n) is 4.39. The zero-order valence-corrected chi connectivity index (χ0v) is 16.1. The molecule has 8 nitrogen and oxygen atoms in total. The number of hydrogen-bond donors (Lipinski definition) is 2. The van der Waals surface area contributed by atoms with E-state index < -0.39 is 32.1 Å². The van der Waals surface area contributed by atoms with Crippen LogP contribution in [0.5, 0.6) is 11.5 Å². The van der Waals surface area contributed by atoms with E-state index in [2.05, 4.69) is 0 Å². The molecule has 1 amide bonds. The van der Waals surface area contributed by atoms with E-state index in [-0.39, 0.29) is 24.5 Å². The van der Waals surface area contributed by atoms with Crippen molar-refractivity contribution in [3.05, 3.63) is 53.6 Å². The number of hydrogen-bond acceptors (Lipinski definition) is 7. The third-order valence-corrected chi connectivity index (χ3v) is 6.92. The number of nitrogens with zero attached hydrogens (tertiary/aromatic N) is 1. The number of benzene rings is 2. The highest BCUT2D eigenvalue weighted by Gasteiger charge is 2.42. The number of carbonyl (C=O) groups is 1. The minimum Gasteiger partial charge on any atom is -0.457 e. The van der Waals surface area contributed by atoms with Crippen LogP contribution in [0.25, 0.3) is 0 Å². The zero-order valence-electron chi connectivity index (χ0n) is 14.6. The number of amides is 1. The minimum atomic E-state index is -3.91. The van der Waals surface area contributed by atoms with Crippen LogP contribution in [0.3, 0.4) is 0 Å². The number of carbonyl (C=O) groups excluding carboxylic acids is 1. The van der Waals surface area contributed by atoms with E-state index in [0.717, 1.165) is 0 Å². The van der Waals surface area contributed by atoms with Crippen molar-refractivity contribution in [2.24, 2.45) is 5.92 Å². The smallest absolute Gasteiger partial charge is 0.279 e. The largest absolute Gasteiger partial charge is 0.457 e. The van der Waals surface area contributed by atoms with Crippen LogP contribution in [0, 0.1) is 5.92 Å². The minimum absolute atomic E-state index is 0.00178. The second-order valence-electron chi connectivity index (χ2n) is 6.21. The lowest BCUT2D eigenvalue weighted by atomic mass is 10.0. The molecule has 1 heterocycles. The van der Waals surface area contributed by atoms with Crippen molar-refractivity contribution in [1.29, 1.82) is 0 Å². The third kappa shape index (κ3) is 4.45. The molecule has 3 rings (SSSR count). The first-order chi connectivity index (χ1) is 13.3. The fourth-order valence-electron chi connectivity index (χ4n) is 3.01. The van der Waals surface area contributed by atoms with Gasteiger partial charge >= 0.3 is 0 Å². The molecule has 0 radical (unpaired) electrons. The second kappa shape index (κ2) is 8.46. The molecule has 2 unspecified atom stereocenters. The Bertz CT molecular complexity index is 947. The highest BCUT2D eigenvalue weighted by Crippen LogP contribution is 2.31. The summed E-state index contributed by atoms with van der Waals surface area (Å²) >= 11 is 5.91. The van der Waals surface area contributed by atoms with Gasteiger partial charge in [0.15, 0.2) is 9.84 Å². The van der Waals surface area contributed by atoms with Crippen LogP contribution in [-0.4, -0.2) is 48.4 Å². The Labute approximate surface area is 166 Å². The standard InChI is InChI=1S/C18H18ClNO7S/c19-12-2-1-3-14(10-12)27-13-4-6-15(7-5-13)28(24,25)17-8-9-26-11-16(17)18(21)20(22)23/h1-7,10,16-17,22-23H,8-9,11H2. The van der Waals surface area contributed by atoms with Crippen LogP contribution in [0.2, 0.25) is 5.02 Å². The SMILES string of the molecule is O=C(C1COCCC1S(=O)(=O)c1ccc(Oc2cccc(Cl)c2)cc1)N(O)O. The van der Waals surface area contributed by atoms with Gasteiger partial charge in [0, 0.05) is 11.6 Å². The van der Waals surface area contributed by atoms with E-state index in [1.54, 1.807) is 24.3 Å². The second-order valence-corrected chi connectivity index (χ2v) is 8.82. The van der Waals surface area contributed by atoms with Crippen LogP contribution in [0.15, 0.2) is 53.4 Å². The van der Waals surface area contributed by atoms with Gasteiger partial charge in [0.05, 0.1) is 22.7 Å². The molecule has 1 saturated heterocycles. The van der Waals surface area contributed by atoms with Gasteiger partial charge in [0.25, 0.3) is 5.91 Å². The van der Waals surface area contributed by atoms with Crippen molar-refractivity contribution >= 4 is 27.3 Å². The number of hydroxylamine groups is 2. The van der Waals surface area contributed by atoms with Crippen molar-refractivity contribution in [1.82, 2.24) is 5.23 Å². The average Bonchev–Trinajstić information content (AvgIpc) is 2.68. The van der Waals surface area contributed by atoms with Crippen LogP contribution in [0.4, 0.5) is 0 Å². The fourth-order valence-corrected chi connectivity index (χ4v) is 5.09. The fraction of sp³-hybridized carbons (Fsp3) is 0.278. The highest BCUT2D eigenvalue weighted by molar-refractivity contribution is 7.92. The Hall–Kier alpha value is -2.17. The monoisotopic (exact) mass is 427 g/mol. The molecule has 0 saturated carbocycles. The zero-order chi connectivity index (χ0) is 20.3. The maximum Gasteiger partial charge on any atom is 0.279 e. The van der Waals surface area contributed by atoms with Crippen LogP contribution in [0.1, 0.15) is 6.42 Å². The molecule has 1 aliphatic heterocycles. The van der Waals surface area contributed by atoms with Gasteiger partial charge in [0.2, 0.25) is 0 Å². The van der Waals surface area contributed by atoms with Crippen molar-refractivity contribution in [3.8, 4) is 11.5 Å². The molecule has 1 aliphatic rings. The molecule has 28 heavy (non-hydrogen) atoms. The maximum atomic E-state index is 13.0. The lowest BCUT2D eigenvalue weighted by Crippen LogP contribution is -2.46. The predicted octanol–water partition coefficient (Wildman–Crippen LogP) is 2.92. The lowest BCUT2D eigenvalue weighted by Gasteiger charge is -2.30.